The molecule has 0 bridgehead atoms. The van der Waals surface area contributed by atoms with Gasteiger partial charge in [-0.15, -0.1) is 0 Å². The molecule has 1 atom stereocenters. The molecule has 0 aliphatic heterocycles. The quantitative estimate of drug-likeness (QED) is 0.689. The molecule has 0 unspecified atom stereocenters. The SMILES string of the molecule is CC[C@H](NC(=O)c1cc2cc(C)cc(C)c2nc1C)c1c(C)nn(CC)c1C. The van der Waals surface area contributed by atoms with E-state index < -0.39 is 0 Å². The number of fused-ring (bicyclic) bond motifs is 1. The second kappa shape index (κ2) is 7.74. The highest BCUT2D eigenvalue weighted by molar-refractivity contribution is 5.99. The van der Waals surface area contributed by atoms with Crippen LogP contribution in [0.25, 0.3) is 10.9 Å². The Morgan fingerprint density at radius 1 is 1.07 bits per heavy atom. The van der Waals surface area contributed by atoms with Gasteiger partial charge in [-0.2, -0.15) is 5.10 Å². The number of hydrogen-bond acceptors (Lipinski definition) is 3. The van der Waals surface area contributed by atoms with Crippen LogP contribution in [0.4, 0.5) is 0 Å². The average Bonchev–Trinajstić information content (AvgIpc) is 2.93. The first-order valence-corrected chi connectivity index (χ1v) is 10.00. The van der Waals surface area contributed by atoms with Gasteiger partial charge < -0.3 is 5.32 Å². The number of aromatic nitrogens is 3. The van der Waals surface area contributed by atoms with Crippen LogP contribution < -0.4 is 5.32 Å². The van der Waals surface area contributed by atoms with Gasteiger partial charge in [0.1, 0.15) is 0 Å². The van der Waals surface area contributed by atoms with Gasteiger partial charge in [-0.05, 0) is 65.7 Å². The number of rotatable bonds is 5. The van der Waals surface area contributed by atoms with Crippen molar-refractivity contribution in [1.82, 2.24) is 20.1 Å². The number of amides is 1. The second-order valence-corrected chi connectivity index (χ2v) is 7.61. The summed E-state index contributed by atoms with van der Waals surface area (Å²) in [5.74, 6) is -0.0824. The molecular formula is C23H30N4O. The number of carbonyl (C=O) groups excluding carboxylic acids is 1. The predicted molar refractivity (Wildman–Crippen MR) is 114 cm³/mol. The van der Waals surface area contributed by atoms with Crippen molar-refractivity contribution in [2.45, 2.75) is 67.5 Å². The lowest BCUT2D eigenvalue weighted by molar-refractivity contribution is 0.0934. The van der Waals surface area contributed by atoms with E-state index in [0.717, 1.165) is 52.1 Å². The van der Waals surface area contributed by atoms with Crippen LogP contribution >= 0.6 is 0 Å². The molecule has 0 saturated heterocycles. The highest BCUT2D eigenvalue weighted by Gasteiger charge is 2.23. The Kier molecular flexibility index (Phi) is 5.54. The topological polar surface area (TPSA) is 59.8 Å². The van der Waals surface area contributed by atoms with Gasteiger partial charge >= 0.3 is 0 Å². The summed E-state index contributed by atoms with van der Waals surface area (Å²) < 4.78 is 1.99. The average molecular weight is 379 g/mol. The summed E-state index contributed by atoms with van der Waals surface area (Å²) in [6.07, 6.45) is 0.807. The molecular weight excluding hydrogens is 348 g/mol. The maximum absolute atomic E-state index is 13.1. The van der Waals surface area contributed by atoms with Crippen LogP contribution in [0.5, 0.6) is 0 Å². The molecule has 0 fully saturated rings. The first kappa shape index (κ1) is 20.1. The molecule has 3 aromatic rings. The minimum atomic E-state index is -0.0824. The Balaban J connectivity index is 1.98. The summed E-state index contributed by atoms with van der Waals surface area (Å²) in [5, 5.41) is 8.84. The molecule has 1 N–H and O–H groups in total. The number of benzene rings is 1. The molecule has 5 heteroatoms. The number of aryl methyl sites for hydroxylation is 5. The Labute approximate surface area is 167 Å². The second-order valence-electron chi connectivity index (χ2n) is 7.61. The van der Waals surface area contributed by atoms with Crippen LogP contribution in [0.15, 0.2) is 18.2 Å². The van der Waals surface area contributed by atoms with Gasteiger partial charge in [-0.3, -0.25) is 14.5 Å². The fraction of sp³-hybridized carbons (Fsp3) is 0.435. The molecule has 0 spiro atoms. The van der Waals surface area contributed by atoms with Gasteiger partial charge in [0.2, 0.25) is 0 Å². The summed E-state index contributed by atoms with van der Waals surface area (Å²) in [7, 11) is 0. The van der Waals surface area contributed by atoms with Crippen molar-refractivity contribution >= 4 is 16.8 Å². The van der Waals surface area contributed by atoms with E-state index in [4.69, 9.17) is 4.98 Å². The van der Waals surface area contributed by atoms with Crippen molar-refractivity contribution in [3.8, 4) is 0 Å². The fourth-order valence-electron chi connectivity index (χ4n) is 4.11. The molecule has 0 aliphatic carbocycles. The molecule has 0 aliphatic rings. The first-order valence-electron chi connectivity index (χ1n) is 10.00. The van der Waals surface area contributed by atoms with Gasteiger partial charge in [-0.1, -0.05) is 18.6 Å². The van der Waals surface area contributed by atoms with Gasteiger partial charge in [0, 0.05) is 23.2 Å². The molecule has 1 amide bonds. The van der Waals surface area contributed by atoms with Crippen LogP contribution in [0.1, 0.15) is 70.4 Å². The lowest BCUT2D eigenvalue weighted by Gasteiger charge is -2.19. The van der Waals surface area contributed by atoms with Crippen molar-refractivity contribution in [1.29, 1.82) is 0 Å². The number of nitrogens with zero attached hydrogens (tertiary/aromatic N) is 3. The van der Waals surface area contributed by atoms with Gasteiger partial charge in [-0.25, -0.2) is 0 Å². The monoisotopic (exact) mass is 378 g/mol. The van der Waals surface area contributed by atoms with Crippen LogP contribution in [0, 0.1) is 34.6 Å². The maximum Gasteiger partial charge on any atom is 0.253 e. The van der Waals surface area contributed by atoms with Gasteiger partial charge in [0.25, 0.3) is 5.91 Å². The summed E-state index contributed by atoms with van der Waals surface area (Å²) >= 11 is 0. The van der Waals surface area contributed by atoms with Gasteiger partial charge in [0.15, 0.2) is 0 Å². The van der Waals surface area contributed by atoms with E-state index in [1.54, 1.807) is 0 Å². The van der Waals surface area contributed by atoms with E-state index in [1.165, 1.54) is 5.56 Å². The van der Waals surface area contributed by atoms with Gasteiger partial charge in [0.05, 0.1) is 28.5 Å². The molecule has 3 rings (SSSR count). The van der Waals surface area contributed by atoms with E-state index in [0.29, 0.717) is 5.56 Å². The zero-order chi connectivity index (χ0) is 20.6. The number of hydrogen-bond donors (Lipinski definition) is 1. The molecule has 0 radical (unpaired) electrons. The number of nitrogens with one attached hydrogen (secondary N) is 1. The summed E-state index contributed by atoms with van der Waals surface area (Å²) in [5.41, 5.74) is 7.87. The molecule has 148 valence electrons. The van der Waals surface area contributed by atoms with Crippen molar-refractivity contribution in [2.75, 3.05) is 0 Å². The van der Waals surface area contributed by atoms with Crippen LogP contribution in [0.2, 0.25) is 0 Å². The van der Waals surface area contributed by atoms with E-state index in [-0.39, 0.29) is 11.9 Å². The maximum atomic E-state index is 13.1. The lowest BCUT2D eigenvalue weighted by atomic mass is 10.0. The molecule has 2 heterocycles. The predicted octanol–water partition coefficient (Wildman–Crippen LogP) is 4.87. The minimum Gasteiger partial charge on any atom is -0.345 e. The zero-order valence-electron chi connectivity index (χ0n) is 18.0. The lowest BCUT2D eigenvalue weighted by Crippen LogP contribution is -2.29. The largest absolute Gasteiger partial charge is 0.345 e. The van der Waals surface area contributed by atoms with Crippen molar-refractivity contribution in [3.63, 3.8) is 0 Å². The highest BCUT2D eigenvalue weighted by atomic mass is 16.1. The molecule has 0 saturated carbocycles. The first-order chi connectivity index (χ1) is 13.3. The van der Waals surface area contributed by atoms with Crippen LogP contribution in [-0.4, -0.2) is 20.7 Å². The Bertz CT molecular complexity index is 1050. The van der Waals surface area contributed by atoms with Crippen LogP contribution in [0.3, 0.4) is 0 Å². The molecule has 28 heavy (non-hydrogen) atoms. The highest BCUT2D eigenvalue weighted by Crippen LogP contribution is 2.26. The summed E-state index contributed by atoms with van der Waals surface area (Å²) in [6.45, 7) is 15.1. The molecule has 5 nitrogen and oxygen atoms in total. The smallest absolute Gasteiger partial charge is 0.253 e. The zero-order valence-corrected chi connectivity index (χ0v) is 18.0. The Morgan fingerprint density at radius 3 is 2.39 bits per heavy atom. The third-order valence-corrected chi connectivity index (χ3v) is 5.49. The number of carbonyl (C=O) groups is 1. The number of pyridine rings is 1. The van der Waals surface area contributed by atoms with Crippen molar-refractivity contribution in [3.05, 3.63) is 57.5 Å². The third kappa shape index (κ3) is 3.53. The van der Waals surface area contributed by atoms with Crippen molar-refractivity contribution in [2.24, 2.45) is 0 Å². The summed E-state index contributed by atoms with van der Waals surface area (Å²) in [4.78, 5) is 17.9. The van der Waals surface area contributed by atoms with E-state index >= 15 is 0 Å². The fourth-order valence-corrected chi connectivity index (χ4v) is 4.11. The molecule has 1 aromatic carbocycles. The molecule has 2 aromatic heterocycles. The normalized spacial score (nSPS) is 12.4. The third-order valence-electron chi connectivity index (χ3n) is 5.49. The van der Waals surface area contributed by atoms with Crippen molar-refractivity contribution < 1.29 is 4.79 Å². The Morgan fingerprint density at radius 2 is 1.79 bits per heavy atom. The Hall–Kier alpha value is -2.69. The van der Waals surface area contributed by atoms with E-state index in [1.807, 2.05) is 24.6 Å². The van der Waals surface area contributed by atoms with Crippen LogP contribution in [-0.2, 0) is 6.54 Å². The minimum absolute atomic E-state index is 0.0675. The summed E-state index contributed by atoms with van der Waals surface area (Å²) in [6, 6.07) is 6.11. The van der Waals surface area contributed by atoms with E-state index in [2.05, 4.69) is 57.2 Å². The van der Waals surface area contributed by atoms with E-state index in [9.17, 15) is 4.79 Å². The standard InChI is InChI=1S/C23H30N4O/c1-8-20(21-16(6)26-27(9-2)17(21)7)25-23(28)19-12-18-11-13(3)10-14(4)22(18)24-15(19)5/h10-12,20H,8-9H2,1-7H3,(H,25,28)/t20-/m0/s1.